The molecule has 1 aliphatic heterocycles. The third-order valence-corrected chi connectivity index (χ3v) is 8.84. The smallest absolute Gasteiger partial charge is 0.228 e. The number of fused-ring (bicyclic) bond motifs is 1. The lowest BCUT2D eigenvalue weighted by molar-refractivity contribution is -0.201. The Morgan fingerprint density at radius 2 is 1.71 bits per heavy atom. The Morgan fingerprint density at radius 3 is 2.46 bits per heavy atom. The van der Waals surface area contributed by atoms with Crippen LogP contribution < -0.4 is 0 Å². The van der Waals surface area contributed by atoms with Crippen LogP contribution in [0.4, 0.5) is 0 Å². The highest BCUT2D eigenvalue weighted by Gasteiger charge is 2.85. The molecule has 4 aliphatic carbocycles. The molecule has 1 heterocycles. The Bertz CT molecular complexity index is 708. The van der Waals surface area contributed by atoms with E-state index in [0.29, 0.717) is 16.7 Å². The summed E-state index contributed by atoms with van der Waals surface area (Å²) in [5.74, 6) is 2.29. The molecule has 1 amide bonds. The number of amides is 1. The summed E-state index contributed by atoms with van der Waals surface area (Å²) in [5, 5.41) is 0. The zero-order chi connectivity index (χ0) is 16.0. The van der Waals surface area contributed by atoms with E-state index in [1.807, 2.05) is 0 Å². The molecule has 6 rings (SSSR count). The number of benzene rings is 1. The fourth-order valence-corrected chi connectivity index (χ4v) is 8.16. The molecule has 1 aromatic carbocycles. The maximum absolute atomic E-state index is 13.6. The molecule has 1 aromatic rings. The summed E-state index contributed by atoms with van der Waals surface area (Å²) < 4.78 is 0. The van der Waals surface area contributed by atoms with Crippen LogP contribution in [0.3, 0.4) is 0 Å². The predicted molar refractivity (Wildman–Crippen MR) is 93.5 cm³/mol. The van der Waals surface area contributed by atoms with Crippen LogP contribution in [-0.4, -0.2) is 23.9 Å². The standard InChI is InChI=1S/C22H27NO/c24-19(23-9-5-2-6-10-23)20-12-17-11-18-13-21(14-20,22(17,18)15-20)16-7-3-1-4-8-16/h1,3-4,7-8,17-18H,2,5-6,9-15H2. The second kappa shape index (κ2) is 4.26. The van der Waals surface area contributed by atoms with Crippen molar-refractivity contribution in [1.82, 2.24) is 4.90 Å². The molecular weight excluding hydrogens is 294 g/mol. The van der Waals surface area contributed by atoms with E-state index in [1.165, 1.54) is 44.9 Å². The maximum atomic E-state index is 13.6. The van der Waals surface area contributed by atoms with Crippen molar-refractivity contribution in [2.75, 3.05) is 13.1 Å². The number of rotatable bonds is 2. The molecule has 0 N–H and O–H groups in total. The van der Waals surface area contributed by atoms with Crippen molar-refractivity contribution in [3.63, 3.8) is 0 Å². The zero-order valence-corrected chi connectivity index (χ0v) is 14.5. The largest absolute Gasteiger partial charge is 0.342 e. The number of hydrogen-bond acceptors (Lipinski definition) is 1. The van der Waals surface area contributed by atoms with Crippen LogP contribution in [0.25, 0.3) is 0 Å². The summed E-state index contributed by atoms with van der Waals surface area (Å²) in [4.78, 5) is 15.8. The van der Waals surface area contributed by atoms with Gasteiger partial charge < -0.3 is 4.90 Å². The van der Waals surface area contributed by atoms with Crippen LogP contribution in [0.2, 0.25) is 0 Å². The van der Waals surface area contributed by atoms with Gasteiger partial charge in [-0.1, -0.05) is 30.3 Å². The fourth-order valence-electron chi connectivity index (χ4n) is 8.16. The molecule has 2 bridgehead atoms. The minimum atomic E-state index is -0.0108. The summed E-state index contributed by atoms with van der Waals surface area (Å²) in [7, 11) is 0. The molecule has 2 heteroatoms. The van der Waals surface area contributed by atoms with Gasteiger partial charge in [-0.15, -0.1) is 0 Å². The van der Waals surface area contributed by atoms with Crippen molar-refractivity contribution in [1.29, 1.82) is 0 Å². The highest BCUT2D eigenvalue weighted by atomic mass is 16.2. The van der Waals surface area contributed by atoms with Crippen LogP contribution >= 0.6 is 0 Å². The van der Waals surface area contributed by atoms with Crippen molar-refractivity contribution < 1.29 is 4.79 Å². The van der Waals surface area contributed by atoms with Crippen molar-refractivity contribution in [2.45, 2.75) is 56.8 Å². The number of nitrogens with zero attached hydrogens (tertiary/aromatic N) is 1. The van der Waals surface area contributed by atoms with E-state index < -0.39 is 0 Å². The minimum absolute atomic E-state index is 0.0108. The van der Waals surface area contributed by atoms with Gasteiger partial charge in [0.2, 0.25) is 5.91 Å². The normalized spacial score (nSPS) is 47.8. The summed E-state index contributed by atoms with van der Waals surface area (Å²) in [6.45, 7) is 2.03. The number of likely N-dealkylation sites (tertiary alicyclic amines) is 1. The predicted octanol–water partition coefficient (Wildman–Crippen LogP) is 4.15. The van der Waals surface area contributed by atoms with E-state index in [0.717, 1.165) is 31.3 Å². The van der Waals surface area contributed by atoms with E-state index in [-0.39, 0.29) is 5.41 Å². The lowest BCUT2D eigenvalue weighted by Gasteiger charge is -2.73. The number of hydrogen-bond donors (Lipinski definition) is 0. The van der Waals surface area contributed by atoms with Gasteiger partial charge in [0.25, 0.3) is 0 Å². The first kappa shape index (κ1) is 13.9. The van der Waals surface area contributed by atoms with Gasteiger partial charge in [0.1, 0.15) is 0 Å². The number of carbonyl (C=O) groups excluding carboxylic acids is 1. The van der Waals surface area contributed by atoms with Crippen LogP contribution in [0.1, 0.15) is 56.9 Å². The third kappa shape index (κ3) is 1.33. The second-order valence-corrected chi connectivity index (χ2v) is 9.51. The van der Waals surface area contributed by atoms with Gasteiger partial charge in [-0.2, -0.15) is 0 Å². The first-order valence-corrected chi connectivity index (χ1v) is 10.1. The van der Waals surface area contributed by atoms with Gasteiger partial charge in [0.05, 0.1) is 5.41 Å². The lowest BCUT2D eigenvalue weighted by atomic mass is 9.30. The van der Waals surface area contributed by atoms with Crippen LogP contribution in [-0.2, 0) is 10.2 Å². The van der Waals surface area contributed by atoms with Gasteiger partial charge in [-0.05, 0) is 74.2 Å². The number of piperidine rings is 1. The molecule has 126 valence electrons. The first-order valence-electron chi connectivity index (χ1n) is 10.1. The highest BCUT2D eigenvalue weighted by molar-refractivity contribution is 5.85. The molecule has 5 unspecified atom stereocenters. The van der Waals surface area contributed by atoms with Gasteiger partial charge in [0.15, 0.2) is 0 Å². The molecular formula is C22H27NO. The SMILES string of the molecule is O=C(N1CCCCC1)C12CC3CC4CC(c5ccccc5)(C1)C34C2. The molecule has 2 nitrogen and oxygen atoms in total. The molecule has 5 atom stereocenters. The van der Waals surface area contributed by atoms with E-state index in [9.17, 15) is 4.79 Å². The Balaban J connectivity index is 1.40. The Labute approximate surface area is 144 Å². The average Bonchev–Trinajstić information content (AvgIpc) is 3.09. The van der Waals surface area contributed by atoms with Gasteiger partial charge >= 0.3 is 0 Å². The first-order chi connectivity index (χ1) is 11.7. The van der Waals surface area contributed by atoms with Gasteiger partial charge in [-0.25, -0.2) is 0 Å². The van der Waals surface area contributed by atoms with E-state index in [2.05, 4.69) is 35.2 Å². The van der Waals surface area contributed by atoms with Crippen molar-refractivity contribution in [3.05, 3.63) is 35.9 Å². The summed E-state index contributed by atoms with van der Waals surface area (Å²) in [6.07, 6.45) is 10.0. The average molecular weight is 321 g/mol. The van der Waals surface area contributed by atoms with Crippen LogP contribution in [0, 0.1) is 22.7 Å². The molecule has 1 spiro atoms. The molecule has 5 fully saturated rings. The number of carbonyl (C=O) groups is 1. The third-order valence-electron chi connectivity index (χ3n) is 8.84. The van der Waals surface area contributed by atoms with Crippen molar-refractivity contribution in [2.24, 2.45) is 22.7 Å². The van der Waals surface area contributed by atoms with Crippen molar-refractivity contribution in [3.8, 4) is 0 Å². The zero-order valence-electron chi connectivity index (χ0n) is 14.5. The summed E-state index contributed by atoms with van der Waals surface area (Å²) in [5.41, 5.74) is 2.37. The van der Waals surface area contributed by atoms with Gasteiger partial charge in [-0.3, -0.25) is 4.79 Å². The maximum Gasteiger partial charge on any atom is 0.228 e. The molecule has 4 saturated carbocycles. The quantitative estimate of drug-likeness (QED) is 0.801. The monoisotopic (exact) mass is 321 g/mol. The highest BCUT2D eigenvalue weighted by Crippen LogP contribution is 2.89. The van der Waals surface area contributed by atoms with Crippen LogP contribution in [0.15, 0.2) is 30.3 Å². The fraction of sp³-hybridized carbons (Fsp3) is 0.682. The second-order valence-electron chi connectivity index (χ2n) is 9.51. The molecule has 0 aromatic heterocycles. The molecule has 1 saturated heterocycles. The van der Waals surface area contributed by atoms with Gasteiger partial charge in [0, 0.05) is 18.5 Å². The molecule has 24 heavy (non-hydrogen) atoms. The topological polar surface area (TPSA) is 20.3 Å². The molecule has 0 radical (unpaired) electrons. The van der Waals surface area contributed by atoms with E-state index >= 15 is 0 Å². The Morgan fingerprint density at radius 1 is 0.958 bits per heavy atom. The van der Waals surface area contributed by atoms with Crippen molar-refractivity contribution >= 4 is 5.91 Å². The van der Waals surface area contributed by atoms with Crippen LogP contribution in [0.5, 0.6) is 0 Å². The minimum Gasteiger partial charge on any atom is -0.342 e. The Hall–Kier alpha value is -1.31. The van der Waals surface area contributed by atoms with E-state index in [4.69, 9.17) is 0 Å². The molecule has 5 aliphatic rings. The Kier molecular flexibility index (Phi) is 2.47. The summed E-state index contributed by atoms with van der Waals surface area (Å²) >= 11 is 0. The lowest BCUT2D eigenvalue weighted by Crippen LogP contribution is -2.69. The van der Waals surface area contributed by atoms with E-state index in [1.54, 1.807) is 5.56 Å². The summed E-state index contributed by atoms with van der Waals surface area (Å²) in [6, 6.07) is 11.2.